The zero-order chi connectivity index (χ0) is 10.4. The van der Waals surface area contributed by atoms with Crippen molar-refractivity contribution in [2.24, 2.45) is 0 Å². The van der Waals surface area contributed by atoms with E-state index in [9.17, 15) is 0 Å². The van der Waals surface area contributed by atoms with Crippen LogP contribution in [0, 0.1) is 0 Å². The molecule has 0 spiro atoms. The van der Waals surface area contributed by atoms with E-state index in [1.54, 1.807) is 0 Å². The van der Waals surface area contributed by atoms with Gasteiger partial charge in [-0.15, -0.1) is 0 Å². The van der Waals surface area contributed by atoms with Gasteiger partial charge in [0.05, 0.1) is 5.69 Å². The first kappa shape index (κ1) is 8.17. The van der Waals surface area contributed by atoms with Gasteiger partial charge in [-0.2, -0.15) is 0 Å². The molecule has 2 aromatic carbocycles. The van der Waals surface area contributed by atoms with Crippen molar-refractivity contribution in [3.8, 4) is 22.6 Å². The summed E-state index contributed by atoms with van der Waals surface area (Å²) in [5.41, 5.74) is 14.9. The van der Waals surface area contributed by atoms with Crippen LogP contribution in [0.5, 0.6) is 11.5 Å². The summed E-state index contributed by atoms with van der Waals surface area (Å²) in [6.45, 7) is 0. The van der Waals surface area contributed by atoms with E-state index in [1.165, 1.54) is 0 Å². The predicted molar refractivity (Wildman–Crippen MR) is 60.8 cm³/mol. The molecule has 0 amide bonds. The molecule has 0 fully saturated rings. The van der Waals surface area contributed by atoms with Gasteiger partial charge in [0.1, 0.15) is 0 Å². The van der Waals surface area contributed by atoms with Gasteiger partial charge in [-0.1, -0.05) is 12.1 Å². The average Bonchev–Trinajstić information content (AvgIpc) is 3.01. The van der Waals surface area contributed by atoms with E-state index in [0.717, 1.165) is 28.3 Å². The van der Waals surface area contributed by atoms with E-state index < -0.39 is 0 Å². The molecule has 0 bridgehead atoms. The minimum Gasteiger partial charge on any atom is -0.447 e. The van der Waals surface area contributed by atoms with Gasteiger partial charge in [-0.25, -0.2) is 0 Å². The van der Waals surface area contributed by atoms with Gasteiger partial charge in [-0.05, 0) is 29.8 Å². The number of ether oxygens (including phenoxy) is 1. The fraction of sp³-hybridized carbons (Fsp3) is 0. The van der Waals surface area contributed by atoms with Crippen molar-refractivity contribution in [1.82, 2.24) is 0 Å². The SMILES string of the molecule is Nc1ccc(-c2ccc(N)c3c2O3)cc1. The number of nitrogen functional groups attached to an aromatic ring is 2. The van der Waals surface area contributed by atoms with Crippen LogP contribution in [0.3, 0.4) is 0 Å². The van der Waals surface area contributed by atoms with E-state index in [4.69, 9.17) is 16.2 Å². The van der Waals surface area contributed by atoms with Crippen LogP contribution in [0.25, 0.3) is 11.1 Å². The molecule has 0 saturated heterocycles. The summed E-state index contributed by atoms with van der Waals surface area (Å²) in [5, 5.41) is 0. The maximum Gasteiger partial charge on any atom is 0.193 e. The van der Waals surface area contributed by atoms with Crippen molar-refractivity contribution in [3.63, 3.8) is 0 Å². The fourth-order valence-corrected chi connectivity index (χ4v) is 1.66. The molecule has 0 aliphatic carbocycles. The zero-order valence-electron chi connectivity index (χ0n) is 8.03. The molecule has 4 N–H and O–H groups in total. The smallest absolute Gasteiger partial charge is 0.193 e. The second-order valence-electron chi connectivity index (χ2n) is 3.58. The maximum atomic E-state index is 5.70. The summed E-state index contributed by atoms with van der Waals surface area (Å²) in [6.07, 6.45) is 0. The van der Waals surface area contributed by atoms with Crippen LogP contribution in [0.1, 0.15) is 0 Å². The van der Waals surface area contributed by atoms with Crippen LogP contribution in [-0.4, -0.2) is 0 Å². The minimum atomic E-state index is 0.698. The molecule has 0 unspecified atom stereocenters. The first-order chi connectivity index (χ1) is 7.25. The summed E-state index contributed by atoms with van der Waals surface area (Å²) >= 11 is 0. The number of fused-ring (bicyclic) bond motifs is 1. The summed E-state index contributed by atoms with van der Waals surface area (Å²) in [5.74, 6) is 1.70. The molecule has 1 aliphatic heterocycles. The second kappa shape index (κ2) is 2.67. The third kappa shape index (κ3) is 1.21. The molecule has 15 heavy (non-hydrogen) atoms. The Labute approximate surface area is 87.3 Å². The second-order valence-corrected chi connectivity index (χ2v) is 3.58. The van der Waals surface area contributed by atoms with Crippen molar-refractivity contribution in [2.75, 3.05) is 11.5 Å². The van der Waals surface area contributed by atoms with E-state index in [-0.39, 0.29) is 0 Å². The monoisotopic (exact) mass is 198 g/mol. The number of rotatable bonds is 1. The Hall–Kier alpha value is -2.16. The van der Waals surface area contributed by atoms with Crippen LogP contribution in [-0.2, 0) is 0 Å². The molecule has 1 heterocycles. The third-order valence-electron chi connectivity index (χ3n) is 2.53. The standard InChI is InChI=1S/C12H10N2O/c13-8-3-1-7(2-4-8)9-5-6-10(14)12-11(9)15-12/h1-6H,13-14H2. The third-order valence-corrected chi connectivity index (χ3v) is 2.53. The molecular weight excluding hydrogens is 188 g/mol. The predicted octanol–water partition coefficient (Wildman–Crippen LogP) is 2.62. The topological polar surface area (TPSA) is 64.6 Å². The van der Waals surface area contributed by atoms with Gasteiger partial charge < -0.3 is 16.2 Å². The fourth-order valence-electron chi connectivity index (χ4n) is 1.66. The first-order valence-electron chi connectivity index (χ1n) is 4.72. The Morgan fingerprint density at radius 3 is 2.27 bits per heavy atom. The molecule has 3 rings (SSSR count). The Balaban J connectivity index is 2.11. The van der Waals surface area contributed by atoms with Crippen molar-refractivity contribution in [1.29, 1.82) is 0 Å². The normalized spacial score (nSPS) is 11.7. The first-order valence-corrected chi connectivity index (χ1v) is 4.72. The van der Waals surface area contributed by atoms with Gasteiger partial charge in [-0.3, -0.25) is 0 Å². The summed E-state index contributed by atoms with van der Waals surface area (Å²) in [7, 11) is 0. The molecule has 3 nitrogen and oxygen atoms in total. The molecule has 2 aromatic rings. The Bertz CT molecular complexity index is 532. The van der Waals surface area contributed by atoms with Gasteiger partial charge >= 0.3 is 0 Å². The zero-order valence-corrected chi connectivity index (χ0v) is 8.03. The molecule has 1 aliphatic rings. The van der Waals surface area contributed by atoms with Crippen LogP contribution in [0.15, 0.2) is 36.4 Å². The van der Waals surface area contributed by atoms with E-state index in [2.05, 4.69) is 0 Å². The summed E-state index contributed by atoms with van der Waals surface area (Å²) in [4.78, 5) is 0. The highest BCUT2D eigenvalue weighted by atomic mass is 16.6. The lowest BCUT2D eigenvalue weighted by Crippen LogP contribution is -1.83. The minimum absolute atomic E-state index is 0.698. The van der Waals surface area contributed by atoms with Crippen molar-refractivity contribution >= 4 is 11.4 Å². The van der Waals surface area contributed by atoms with Crippen LogP contribution < -0.4 is 16.2 Å². The molecule has 74 valence electrons. The maximum absolute atomic E-state index is 5.70. The quantitative estimate of drug-likeness (QED) is 0.466. The number of benzene rings is 2. The Morgan fingerprint density at radius 2 is 1.53 bits per heavy atom. The van der Waals surface area contributed by atoms with Gasteiger partial charge in [0.25, 0.3) is 0 Å². The number of nitrogens with two attached hydrogens (primary N) is 2. The molecule has 0 atom stereocenters. The summed E-state index contributed by atoms with van der Waals surface area (Å²) < 4.78 is 5.33. The van der Waals surface area contributed by atoms with Gasteiger partial charge in [0.2, 0.25) is 0 Å². The average molecular weight is 198 g/mol. The van der Waals surface area contributed by atoms with E-state index in [1.807, 2.05) is 36.4 Å². The highest BCUT2D eigenvalue weighted by Crippen LogP contribution is 2.55. The van der Waals surface area contributed by atoms with Crippen LogP contribution >= 0.6 is 0 Å². The Morgan fingerprint density at radius 1 is 0.800 bits per heavy atom. The van der Waals surface area contributed by atoms with E-state index in [0.29, 0.717) is 5.69 Å². The molecule has 0 radical (unpaired) electrons. The van der Waals surface area contributed by atoms with Crippen molar-refractivity contribution in [3.05, 3.63) is 36.4 Å². The van der Waals surface area contributed by atoms with E-state index >= 15 is 0 Å². The highest BCUT2D eigenvalue weighted by molar-refractivity contribution is 5.85. The molecule has 0 aromatic heterocycles. The van der Waals surface area contributed by atoms with Crippen LogP contribution in [0.4, 0.5) is 11.4 Å². The van der Waals surface area contributed by atoms with Gasteiger partial charge in [0, 0.05) is 11.3 Å². The number of hydrogen-bond donors (Lipinski definition) is 2. The van der Waals surface area contributed by atoms with Crippen molar-refractivity contribution < 1.29 is 4.74 Å². The largest absolute Gasteiger partial charge is 0.447 e. The number of anilines is 2. The lowest BCUT2D eigenvalue weighted by molar-refractivity contribution is 0.652. The highest BCUT2D eigenvalue weighted by Gasteiger charge is 2.28. The lowest BCUT2D eigenvalue weighted by atomic mass is 10.1. The Kier molecular flexibility index (Phi) is 1.45. The van der Waals surface area contributed by atoms with Crippen molar-refractivity contribution in [2.45, 2.75) is 0 Å². The lowest BCUT2D eigenvalue weighted by Gasteiger charge is -1.99. The molecule has 3 heteroatoms. The number of hydrogen-bond acceptors (Lipinski definition) is 3. The van der Waals surface area contributed by atoms with Gasteiger partial charge in [0.15, 0.2) is 11.5 Å². The summed E-state index contributed by atoms with van der Waals surface area (Å²) in [6, 6.07) is 11.5. The molecule has 0 saturated carbocycles. The van der Waals surface area contributed by atoms with Crippen LogP contribution in [0.2, 0.25) is 0 Å². The molecular formula is C12H10N2O.